The van der Waals surface area contributed by atoms with Gasteiger partial charge in [-0.2, -0.15) is 0 Å². The van der Waals surface area contributed by atoms with E-state index in [-0.39, 0.29) is 5.92 Å². The van der Waals surface area contributed by atoms with Crippen LogP contribution in [0.4, 0.5) is 0 Å². The highest BCUT2D eigenvalue weighted by Crippen LogP contribution is 2.41. The van der Waals surface area contributed by atoms with Crippen LogP contribution in [0.3, 0.4) is 0 Å². The molecule has 0 spiro atoms. The van der Waals surface area contributed by atoms with E-state index >= 15 is 0 Å². The number of hydrogen-bond donors (Lipinski definition) is 1. The predicted molar refractivity (Wildman–Crippen MR) is 140 cm³/mol. The molecule has 0 saturated heterocycles. The van der Waals surface area contributed by atoms with Gasteiger partial charge in [-0.1, -0.05) is 93.8 Å². The third-order valence-electron chi connectivity index (χ3n) is 4.48. The molecule has 0 fully saturated rings. The van der Waals surface area contributed by atoms with Crippen LogP contribution in [-0.4, -0.2) is 0 Å². The van der Waals surface area contributed by atoms with Gasteiger partial charge < -0.3 is 5.73 Å². The van der Waals surface area contributed by atoms with Gasteiger partial charge in [-0.05, 0) is 76.8 Å². The van der Waals surface area contributed by atoms with E-state index in [2.05, 4.69) is 85.9 Å². The van der Waals surface area contributed by atoms with Gasteiger partial charge in [-0.3, -0.25) is 0 Å². The number of rotatable bonds is 6. The van der Waals surface area contributed by atoms with E-state index in [0.29, 0.717) is 0 Å². The van der Waals surface area contributed by atoms with Crippen molar-refractivity contribution in [2.75, 3.05) is 0 Å². The van der Waals surface area contributed by atoms with Crippen LogP contribution in [0.1, 0.15) is 91.3 Å². The molecule has 2 N–H and O–H groups in total. The van der Waals surface area contributed by atoms with Crippen LogP contribution in [0.25, 0.3) is 0 Å². The molecule has 1 aromatic rings. The van der Waals surface area contributed by atoms with Gasteiger partial charge in [0.2, 0.25) is 0 Å². The quantitative estimate of drug-likeness (QED) is 0.466. The van der Waals surface area contributed by atoms with Gasteiger partial charge in [0.25, 0.3) is 0 Å². The van der Waals surface area contributed by atoms with Gasteiger partial charge in [0, 0.05) is 11.6 Å². The largest absolute Gasteiger partial charge is 0.399 e. The van der Waals surface area contributed by atoms with E-state index in [9.17, 15) is 0 Å². The highest BCUT2D eigenvalue weighted by Gasteiger charge is 2.25. The minimum atomic E-state index is 0.0825. The first-order chi connectivity index (χ1) is 14.0. The fourth-order valence-electron chi connectivity index (χ4n) is 3.31. The van der Waals surface area contributed by atoms with Crippen molar-refractivity contribution in [3.8, 4) is 0 Å². The second kappa shape index (κ2) is 15.5. The topological polar surface area (TPSA) is 26.0 Å². The Morgan fingerprint density at radius 1 is 1.00 bits per heavy atom. The molecule has 30 heavy (non-hydrogen) atoms. The standard InChI is InChI=1S/C24H33N.C3H8.C2H6/c1-10-20(25)14-22(15(2)3)24(23(16(4)5)17(6)7)21-12-11-18(8)13-19(21)9;1-3-2;1-2/h10-14,24H,2,4,25H2,1,3,5-9H3;3H2,1-2H3;1-2H3/b20-10+,22-14+;;. The van der Waals surface area contributed by atoms with Crippen molar-refractivity contribution in [1.29, 1.82) is 0 Å². The Balaban J connectivity index is 0. The minimum absolute atomic E-state index is 0.0825. The second-order valence-electron chi connectivity index (χ2n) is 7.86. The lowest BCUT2D eigenvalue weighted by Gasteiger charge is -2.28. The molecule has 1 atom stereocenters. The monoisotopic (exact) mass is 409 g/mol. The van der Waals surface area contributed by atoms with Gasteiger partial charge in [-0.15, -0.1) is 0 Å². The Morgan fingerprint density at radius 3 is 1.83 bits per heavy atom. The lowest BCUT2D eigenvalue weighted by atomic mass is 9.76. The zero-order chi connectivity index (χ0) is 24.0. The smallest absolute Gasteiger partial charge is 0.0347 e. The van der Waals surface area contributed by atoms with Crippen molar-refractivity contribution in [1.82, 2.24) is 0 Å². The molecule has 0 bridgehead atoms. The van der Waals surface area contributed by atoms with E-state index in [4.69, 9.17) is 5.73 Å². The molecular formula is C29H47N. The van der Waals surface area contributed by atoms with Crippen LogP contribution in [0.15, 0.2) is 77.1 Å². The van der Waals surface area contributed by atoms with Gasteiger partial charge in [0.05, 0.1) is 0 Å². The molecule has 1 aromatic carbocycles. The number of aryl methyl sites for hydroxylation is 2. The van der Waals surface area contributed by atoms with Crippen LogP contribution in [0.2, 0.25) is 0 Å². The Labute approximate surface area is 188 Å². The molecule has 0 amide bonds. The van der Waals surface area contributed by atoms with Gasteiger partial charge in [0.1, 0.15) is 0 Å². The van der Waals surface area contributed by atoms with Crippen molar-refractivity contribution >= 4 is 0 Å². The molecule has 0 aliphatic rings. The third-order valence-corrected chi connectivity index (χ3v) is 4.48. The van der Waals surface area contributed by atoms with Crippen LogP contribution in [-0.2, 0) is 0 Å². The van der Waals surface area contributed by atoms with E-state index < -0.39 is 0 Å². The molecule has 0 aliphatic carbocycles. The maximum absolute atomic E-state index is 6.15. The molecule has 1 nitrogen and oxygen atoms in total. The van der Waals surface area contributed by atoms with Crippen LogP contribution < -0.4 is 5.73 Å². The fourth-order valence-corrected chi connectivity index (χ4v) is 3.31. The fraction of sp³-hybridized carbons (Fsp3) is 0.448. The lowest BCUT2D eigenvalue weighted by Crippen LogP contribution is -2.12. The molecule has 0 radical (unpaired) electrons. The summed E-state index contributed by atoms with van der Waals surface area (Å²) in [5, 5.41) is 0. The zero-order valence-corrected chi connectivity index (χ0v) is 21.7. The Bertz CT molecular complexity index is 781. The second-order valence-corrected chi connectivity index (χ2v) is 7.86. The van der Waals surface area contributed by atoms with Gasteiger partial charge >= 0.3 is 0 Å². The molecule has 1 heteroatoms. The van der Waals surface area contributed by atoms with Crippen molar-refractivity contribution < 1.29 is 0 Å². The molecule has 1 rings (SSSR count). The SMILES string of the molecule is C=C(C)C(=C(C)C)C(/C(=C/C(N)=C\C)C(=C)C)c1ccc(C)cc1C.CC.CCC. The Kier molecular flexibility index (Phi) is 15.5. The first-order valence-electron chi connectivity index (χ1n) is 11.2. The van der Waals surface area contributed by atoms with Crippen molar-refractivity contribution in [3.63, 3.8) is 0 Å². The van der Waals surface area contributed by atoms with E-state index in [1.54, 1.807) is 0 Å². The summed E-state index contributed by atoms with van der Waals surface area (Å²) in [7, 11) is 0. The van der Waals surface area contributed by atoms with Crippen LogP contribution in [0.5, 0.6) is 0 Å². The molecule has 0 aromatic heterocycles. The van der Waals surface area contributed by atoms with Crippen molar-refractivity contribution in [3.05, 3.63) is 93.8 Å². The lowest BCUT2D eigenvalue weighted by molar-refractivity contribution is 0.902. The number of benzene rings is 1. The van der Waals surface area contributed by atoms with E-state index in [1.807, 2.05) is 33.8 Å². The van der Waals surface area contributed by atoms with Crippen LogP contribution in [0, 0.1) is 13.8 Å². The van der Waals surface area contributed by atoms with Crippen LogP contribution >= 0.6 is 0 Å². The summed E-state index contributed by atoms with van der Waals surface area (Å²) in [5.41, 5.74) is 16.5. The zero-order valence-electron chi connectivity index (χ0n) is 21.7. The molecule has 168 valence electrons. The Hall–Kier alpha value is -2.28. The maximum Gasteiger partial charge on any atom is 0.0347 e. The van der Waals surface area contributed by atoms with Gasteiger partial charge in [-0.25, -0.2) is 0 Å². The third kappa shape index (κ3) is 9.48. The molecule has 1 unspecified atom stereocenters. The number of hydrogen-bond acceptors (Lipinski definition) is 1. The first kappa shape index (κ1) is 29.9. The summed E-state index contributed by atoms with van der Waals surface area (Å²) < 4.78 is 0. The first-order valence-corrected chi connectivity index (χ1v) is 11.2. The summed E-state index contributed by atoms with van der Waals surface area (Å²) in [6, 6.07) is 6.63. The molecule has 0 saturated carbocycles. The normalized spacial score (nSPS) is 12.0. The molecule has 0 aliphatic heterocycles. The van der Waals surface area contributed by atoms with E-state index in [1.165, 1.54) is 34.3 Å². The van der Waals surface area contributed by atoms with E-state index in [0.717, 1.165) is 22.4 Å². The Morgan fingerprint density at radius 2 is 1.50 bits per heavy atom. The highest BCUT2D eigenvalue weighted by molar-refractivity contribution is 5.56. The summed E-state index contributed by atoms with van der Waals surface area (Å²) >= 11 is 0. The average Bonchev–Trinajstić information content (AvgIpc) is 2.66. The van der Waals surface area contributed by atoms with Crippen molar-refractivity contribution in [2.45, 2.75) is 88.5 Å². The summed E-state index contributed by atoms with van der Waals surface area (Å²) in [6.07, 6.45) is 5.23. The van der Waals surface area contributed by atoms with Crippen molar-refractivity contribution in [2.24, 2.45) is 5.73 Å². The van der Waals surface area contributed by atoms with Gasteiger partial charge in [0.15, 0.2) is 0 Å². The molecule has 0 heterocycles. The average molecular weight is 410 g/mol. The predicted octanol–water partition coefficient (Wildman–Crippen LogP) is 9.11. The minimum Gasteiger partial charge on any atom is -0.399 e. The summed E-state index contributed by atoms with van der Waals surface area (Å²) in [4.78, 5) is 0. The summed E-state index contributed by atoms with van der Waals surface area (Å²) in [6.45, 7) is 31.4. The maximum atomic E-state index is 6.15. The summed E-state index contributed by atoms with van der Waals surface area (Å²) in [5.74, 6) is 0.0825. The molecular weight excluding hydrogens is 362 g/mol. The highest BCUT2D eigenvalue weighted by atomic mass is 14.6. The number of nitrogens with two attached hydrogens (primary N) is 1. The number of allylic oxidation sites excluding steroid dienone is 7.